The maximum absolute atomic E-state index is 5.81. The fourth-order valence-corrected chi connectivity index (χ4v) is 2.35. The van der Waals surface area contributed by atoms with Crippen LogP contribution in [0.4, 0.5) is 0 Å². The van der Waals surface area contributed by atoms with Crippen LogP contribution in [0.15, 0.2) is 12.1 Å². The van der Waals surface area contributed by atoms with Crippen molar-refractivity contribution < 1.29 is 9.47 Å². The Labute approximate surface area is 114 Å². The second kappa shape index (κ2) is 5.88. The number of nitrogens with zero attached hydrogens (tertiary/aromatic N) is 1. The predicted octanol–water partition coefficient (Wildman–Crippen LogP) is 2.06. The molecule has 1 atom stereocenters. The Kier molecular flexibility index (Phi) is 3.99. The number of aryl methyl sites for hydroxylation is 1. The lowest BCUT2D eigenvalue weighted by Gasteiger charge is -2.12. The maximum atomic E-state index is 5.81. The molecule has 1 unspecified atom stereocenters. The second-order valence-corrected chi connectivity index (χ2v) is 5.65. The van der Waals surface area contributed by atoms with Crippen molar-refractivity contribution in [1.82, 2.24) is 10.3 Å². The molecule has 2 fully saturated rings. The molecule has 0 aromatic carbocycles. The Hall–Kier alpha value is -1.13. The van der Waals surface area contributed by atoms with E-state index in [0.717, 1.165) is 43.8 Å². The molecular formula is C15H22N2O2. The van der Waals surface area contributed by atoms with Crippen molar-refractivity contribution in [3.8, 4) is 5.88 Å². The number of hydrogen-bond donors (Lipinski definition) is 1. The van der Waals surface area contributed by atoms with Crippen LogP contribution in [0.1, 0.15) is 30.5 Å². The topological polar surface area (TPSA) is 43.4 Å². The van der Waals surface area contributed by atoms with Gasteiger partial charge in [0.1, 0.15) is 0 Å². The summed E-state index contributed by atoms with van der Waals surface area (Å²) in [7, 11) is 0. The summed E-state index contributed by atoms with van der Waals surface area (Å²) in [5.41, 5.74) is 2.28. The van der Waals surface area contributed by atoms with Gasteiger partial charge in [0.05, 0.1) is 13.2 Å². The van der Waals surface area contributed by atoms with Crippen LogP contribution in [-0.4, -0.2) is 30.8 Å². The molecule has 3 rings (SSSR count). The monoisotopic (exact) mass is 262 g/mol. The lowest BCUT2D eigenvalue weighted by atomic mass is 10.1. The highest BCUT2D eigenvalue weighted by molar-refractivity contribution is 5.24. The SMILES string of the molecule is Cc1cc(CNC2CC2)cc(OCC2CCOC2)n1. The van der Waals surface area contributed by atoms with Gasteiger partial charge in [-0.2, -0.15) is 0 Å². The summed E-state index contributed by atoms with van der Waals surface area (Å²) in [6, 6.07) is 4.91. The molecule has 104 valence electrons. The van der Waals surface area contributed by atoms with Gasteiger partial charge in [0.15, 0.2) is 0 Å². The van der Waals surface area contributed by atoms with Gasteiger partial charge in [-0.05, 0) is 37.8 Å². The number of nitrogens with one attached hydrogen (secondary N) is 1. The van der Waals surface area contributed by atoms with Crippen LogP contribution < -0.4 is 10.1 Å². The number of rotatable bonds is 6. The van der Waals surface area contributed by atoms with E-state index in [1.807, 2.05) is 6.92 Å². The minimum Gasteiger partial charge on any atom is -0.477 e. The van der Waals surface area contributed by atoms with Gasteiger partial charge in [-0.3, -0.25) is 0 Å². The molecule has 0 bridgehead atoms. The van der Waals surface area contributed by atoms with E-state index in [0.29, 0.717) is 12.5 Å². The van der Waals surface area contributed by atoms with Crippen molar-refractivity contribution in [3.63, 3.8) is 0 Å². The number of hydrogen-bond acceptors (Lipinski definition) is 4. The van der Waals surface area contributed by atoms with Gasteiger partial charge >= 0.3 is 0 Å². The molecule has 2 aliphatic rings. The minimum atomic E-state index is 0.523. The van der Waals surface area contributed by atoms with Crippen LogP contribution in [0, 0.1) is 12.8 Å². The Bertz CT molecular complexity index is 426. The predicted molar refractivity (Wildman–Crippen MR) is 73.3 cm³/mol. The van der Waals surface area contributed by atoms with Crippen LogP contribution in [0.2, 0.25) is 0 Å². The van der Waals surface area contributed by atoms with E-state index in [1.54, 1.807) is 0 Å². The van der Waals surface area contributed by atoms with Crippen LogP contribution >= 0.6 is 0 Å². The van der Waals surface area contributed by atoms with E-state index in [4.69, 9.17) is 9.47 Å². The third kappa shape index (κ3) is 3.91. The van der Waals surface area contributed by atoms with Crippen LogP contribution in [-0.2, 0) is 11.3 Å². The molecule has 0 amide bonds. The normalized spacial score (nSPS) is 22.7. The van der Waals surface area contributed by atoms with E-state index < -0.39 is 0 Å². The molecule has 19 heavy (non-hydrogen) atoms. The van der Waals surface area contributed by atoms with Gasteiger partial charge in [0.25, 0.3) is 0 Å². The second-order valence-electron chi connectivity index (χ2n) is 5.65. The zero-order chi connectivity index (χ0) is 13.1. The zero-order valence-electron chi connectivity index (χ0n) is 11.5. The van der Waals surface area contributed by atoms with Crippen molar-refractivity contribution in [2.24, 2.45) is 5.92 Å². The molecule has 1 aliphatic carbocycles. The molecule has 0 radical (unpaired) electrons. The number of aromatic nitrogens is 1. The first-order valence-corrected chi connectivity index (χ1v) is 7.21. The van der Waals surface area contributed by atoms with Crippen LogP contribution in [0.25, 0.3) is 0 Å². The Balaban J connectivity index is 1.56. The molecule has 1 aromatic rings. The largest absolute Gasteiger partial charge is 0.477 e. The molecule has 4 heteroatoms. The fourth-order valence-electron chi connectivity index (χ4n) is 2.35. The summed E-state index contributed by atoms with van der Waals surface area (Å²) in [5.74, 6) is 1.27. The summed E-state index contributed by atoms with van der Waals surface area (Å²) in [4.78, 5) is 4.45. The Morgan fingerprint density at radius 1 is 1.37 bits per heavy atom. The van der Waals surface area contributed by atoms with E-state index in [9.17, 15) is 0 Å². The first-order valence-electron chi connectivity index (χ1n) is 7.21. The Morgan fingerprint density at radius 2 is 2.26 bits per heavy atom. The van der Waals surface area contributed by atoms with Crippen molar-refractivity contribution in [1.29, 1.82) is 0 Å². The van der Waals surface area contributed by atoms with E-state index in [2.05, 4.69) is 22.4 Å². The van der Waals surface area contributed by atoms with Gasteiger partial charge in [-0.1, -0.05) is 0 Å². The molecule has 1 N–H and O–H groups in total. The lowest BCUT2D eigenvalue weighted by molar-refractivity contribution is 0.165. The Morgan fingerprint density at radius 3 is 3.00 bits per heavy atom. The molecule has 4 nitrogen and oxygen atoms in total. The number of ether oxygens (including phenoxy) is 2. The lowest BCUT2D eigenvalue weighted by Crippen LogP contribution is -2.16. The third-order valence-electron chi connectivity index (χ3n) is 3.65. The fraction of sp³-hybridized carbons (Fsp3) is 0.667. The minimum absolute atomic E-state index is 0.523. The van der Waals surface area contributed by atoms with E-state index >= 15 is 0 Å². The zero-order valence-corrected chi connectivity index (χ0v) is 11.5. The average Bonchev–Trinajstić information content (AvgIpc) is 3.08. The molecule has 1 aliphatic heterocycles. The first-order chi connectivity index (χ1) is 9.29. The molecule has 1 saturated heterocycles. The van der Waals surface area contributed by atoms with Crippen molar-refractivity contribution >= 4 is 0 Å². The van der Waals surface area contributed by atoms with Crippen LogP contribution in [0.3, 0.4) is 0 Å². The summed E-state index contributed by atoms with van der Waals surface area (Å²) in [5, 5.41) is 3.52. The molecule has 2 heterocycles. The molecule has 1 aromatic heterocycles. The standard InChI is InChI=1S/C15H22N2O2/c1-11-6-13(8-16-14-2-3-14)7-15(17-11)19-10-12-4-5-18-9-12/h6-7,12,14,16H,2-5,8-10H2,1H3. The highest BCUT2D eigenvalue weighted by Crippen LogP contribution is 2.21. The highest BCUT2D eigenvalue weighted by Gasteiger charge is 2.20. The van der Waals surface area contributed by atoms with Gasteiger partial charge in [0.2, 0.25) is 5.88 Å². The summed E-state index contributed by atoms with van der Waals surface area (Å²) >= 11 is 0. The summed E-state index contributed by atoms with van der Waals surface area (Å²) < 4.78 is 11.2. The van der Waals surface area contributed by atoms with Crippen molar-refractivity contribution in [2.75, 3.05) is 19.8 Å². The van der Waals surface area contributed by atoms with Gasteiger partial charge in [-0.25, -0.2) is 4.98 Å². The highest BCUT2D eigenvalue weighted by atomic mass is 16.5. The smallest absolute Gasteiger partial charge is 0.213 e. The van der Waals surface area contributed by atoms with Gasteiger partial charge < -0.3 is 14.8 Å². The average molecular weight is 262 g/mol. The van der Waals surface area contributed by atoms with E-state index in [1.165, 1.54) is 18.4 Å². The molecule has 0 spiro atoms. The van der Waals surface area contributed by atoms with Crippen molar-refractivity contribution in [3.05, 3.63) is 23.4 Å². The van der Waals surface area contributed by atoms with Gasteiger partial charge in [-0.15, -0.1) is 0 Å². The summed E-state index contributed by atoms with van der Waals surface area (Å²) in [6.45, 7) is 5.34. The van der Waals surface area contributed by atoms with Crippen molar-refractivity contribution in [2.45, 2.75) is 38.8 Å². The molecular weight excluding hydrogens is 240 g/mol. The first kappa shape index (κ1) is 12.9. The van der Waals surface area contributed by atoms with E-state index in [-0.39, 0.29) is 0 Å². The molecule has 1 saturated carbocycles. The van der Waals surface area contributed by atoms with Gasteiger partial charge in [0, 0.05) is 36.9 Å². The summed E-state index contributed by atoms with van der Waals surface area (Å²) in [6.07, 6.45) is 3.73. The maximum Gasteiger partial charge on any atom is 0.213 e. The third-order valence-corrected chi connectivity index (χ3v) is 3.65. The van der Waals surface area contributed by atoms with Crippen LogP contribution in [0.5, 0.6) is 5.88 Å². The number of pyridine rings is 1. The quantitative estimate of drug-likeness (QED) is 0.852.